The average molecular weight is 252 g/mol. The van der Waals surface area contributed by atoms with Crippen molar-refractivity contribution in [3.63, 3.8) is 0 Å². The molecule has 2 aromatic rings. The zero-order valence-corrected chi connectivity index (χ0v) is 9.48. The number of hydrogen-bond acceptors (Lipinski definition) is 4. The predicted octanol–water partition coefficient (Wildman–Crippen LogP) is 2.74. The Hall–Kier alpha value is -2.37. The topological polar surface area (TPSA) is 57.4 Å². The first-order valence-corrected chi connectivity index (χ1v) is 5.03. The van der Waals surface area contributed by atoms with Gasteiger partial charge in [-0.1, -0.05) is 0 Å². The minimum atomic E-state index is -0.812. The molecule has 0 aliphatic carbocycles. The molecule has 2 N–H and O–H groups in total. The van der Waals surface area contributed by atoms with Crippen LogP contribution in [0.25, 0.3) is 0 Å². The second kappa shape index (κ2) is 4.87. The van der Waals surface area contributed by atoms with E-state index in [1.54, 1.807) is 0 Å². The molecule has 0 fully saturated rings. The Balaban J connectivity index is 2.28. The minimum Gasteiger partial charge on any atom is -0.479 e. The summed E-state index contributed by atoms with van der Waals surface area (Å²) in [4.78, 5) is 3.92. The van der Waals surface area contributed by atoms with Gasteiger partial charge in [0.05, 0.1) is 12.8 Å². The van der Waals surface area contributed by atoms with Crippen LogP contribution in [0, 0.1) is 11.6 Å². The Labute approximate surface area is 102 Å². The van der Waals surface area contributed by atoms with Crippen molar-refractivity contribution in [3.05, 3.63) is 42.0 Å². The van der Waals surface area contributed by atoms with Crippen molar-refractivity contribution in [2.75, 3.05) is 12.8 Å². The minimum absolute atomic E-state index is 0.103. The van der Waals surface area contributed by atoms with Crippen LogP contribution in [0.5, 0.6) is 17.5 Å². The quantitative estimate of drug-likeness (QED) is 0.912. The van der Waals surface area contributed by atoms with E-state index in [-0.39, 0.29) is 17.5 Å². The summed E-state index contributed by atoms with van der Waals surface area (Å²) in [6.07, 6.45) is 0. The maximum absolute atomic E-state index is 13.3. The lowest BCUT2D eigenvalue weighted by atomic mass is 10.3. The fourth-order valence-corrected chi connectivity index (χ4v) is 1.33. The molecular formula is C12H10F2N2O2. The van der Waals surface area contributed by atoms with E-state index in [0.717, 1.165) is 12.1 Å². The molecule has 0 atom stereocenters. The van der Waals surface area contributed by atoms with Gasteiger partial charge in [-0.2, -0.15) is 4.98 Å². The zero-order valence-electron chi connectivity index (χ0n) is 9.48. The van der Waals surface area contributed by atoms with E-state index in [0.29, 0.717) is 5.69 Å². The van der Waals surface area contributed by atoms with E-state index in [1.165, 1.54) is 25.3 Å². The highest BCUT2D eigenvalue weighted by Crippen LogP contribution is 2.27. The third-order valence-electron chi connectivity index (χ3n) is 2.17. The van der Waals surface area contributed by atoms with Crippen LogP contribution in [0.15, 0.2) is 30.3 Å². The number of nitrogen functional groups attached to an aromatic ring is 1. The number of benzene rings is 1. The maximum atomic E-state index is 13.3. The van der Waals surface area contributed by atoms with Crippen molar-refractivity contribution in [1.29, 1.82) is 0 Å². The molecular weight excluding hydrogens is 242 g/mol. The van der Waals surface area contributed by atoms with Crippen LogP contribution in [0.3, 0.4) is 0 Å². The van der Waals surface area contributed by atoms with E-state index in [2.05, 4.69) is 4.98 Å². The number of methoxy groups -OCH3 is 1. The van der Waals surface area contributed by atoms with Crippen molar-refractivity contribution in [2.45, 2.75) is 0 Å². The standard InChI is InChI=1S/C12H10F2N2O2/c1-17-12-9(15)3-5-11(16-12)18-10-4-2-7(13)6-8(10)14/h2-6H,15H2,1H3. The second-order valence-corrected chi connectivity index (χ2v) is 3.42. The van der Waals surface area contributed by atoms with Crippen molar-refractivity contribution >= 4 is 5.69 Å². The lowest BCUT2D eigenvalue weighted by Gasteiger charge is -2.08. The van der Waals surface area contributed by atoms with Gasteiger partial charge in [-0.25, -0.2) is 8.78 Å². The van der Waals surface area contributed by atoms with E-state index in [9.17, 15) is 8.78 Å². The molecule has 0 bridgehead atoms. The zero-order chi connectivity index (χ0) is 13.1. The Morgan fingerprint density at radius 2 is 1.94 bits per heavy atom. The smallest absolute Gasteiger partial charge is 0.240 e. The third-order valence-corrected chi connectivity index (χ3v) is 2.17. The number of nitrogens with two attached hydrogens (primary N) is 1. The van der Waals surface area contributed by atoms with Crippen molar-refractivity contribution in [2.24, 2.45) is 0 Å². The monoisotopic (exact) mass is 252 g/mol. The molecule has 0 amide bonds. The summed E-state index contributed by atoms with van der Waals surface area (Å²) in [5, 5.41) is 0. The summed E-state index contributed by atoms with van der Waals surface area (Å²) < 4.78 is 36.1. The van der Waals surface area contributed by atoms with Gasteiger partial charge in [0.2, 0.25) is 11.8 Å². The SMILES string of the molecule is COc1nc(Oc2ccc(F)cc2F)ccc1N. The number of hydrogen-bond donors (Lipinski definition) is 1. The number of anilines is 1. The Morgan fingerprint density at radius 1 is 1.17 bits per heavy atom. The highest BCUT2D eigenvalue weighted by atomic mass is 19.1. The van der Waals surface area contributed by atoms with Gasteiger partial charge in [0.15, 0.2) is 11.6 Å². The molecule has 0 saturated carbocycles. The first kappa shape index (κ1) is 12.1. The molecule has 0 saturated heterocycles. The van der Waals surface area contributed by atoms with E-state index in [4.69, 9.17) is 15.2 Å². The van der Waals surface area contributed by atoms with Crippen molar-refractivity contribution < 1.29 is 18.3 Å². The molecule has 0 radical (unpaired) electrons. The van der Waals surface area contributed by atoms with Gasteiger partial charge < -0.3 is 15.2 Å². The molecule has 18 heavy (non-hydrogen) atoms. The summed E-state index contributed by atoms with van der Waals surface area (Å²) in [6.45, 7) is 0. The maximum Gasteiger partial charge on any atom is 0.240 e. The second-order valence-electron chi connectivity index (χ2n) is 3.42. The molecule has 1 aromatic carbocycles. The molecule has 4 nitrogen and oxygen atoms in total. The average Bonchev–Trinajstić information content (AvgIpc) is 2.35. The van der Waals surface area contributed by atoms with Crippen LogP contribution in [-0.2, 0) is 0 Å². The van der Waals surface area contributed by atoms with Gasteiger partial charge in [-0.3, -0.25) is 0 Å². The number of halogens is 2. The number of pyridine rings is 1. The lowest BCUT2D eigenvalue weighted by Crippen LogP contribution is -1.97. The lowest BCUT2D eigenvalue weighted by molar-refractivity contribution is 0.379. The Bertz CT molecular complexity index is 576. The first-order valence-electron chi connectivity index (χ1n) is 5.03. The van der Waals surface area contributed by atoms with Gasteiger partial charge in [0, 0.05) is 12.1 Å². The molecule has 6 heteroatoms. The Morgan fingerprint density at radius 3 is 2.61 bits per heavy atom. The number of rotatable bonds is 3. The highest BCUT2D eigenvalue weighted by molar-refractivity contribution is 5.49. The third kappa shape index (κ3) is 2.48. The van der Waals surface area contributed by atoms with Gasteiger partial charge >= 0.3 is 0 Å². The summed E-state index contributed by atoms with van der Waals surface area (Å²) in [6, 6.07) is 5.97. The summed E-state index contributed by atoms with van der Waals surface area (Å²) >= 11 is 0. The molecule has 2 rings (SSSR count). The van der Waals surface area contributed by atoms with Crippen LogP contribution >= 0.6 is 0 Å². The number of ether oxygens (including phenoxy) is 2. The van der Waals surface area contributed by atoms with Crippen LogP contribution in [0.2, 0.25) is 0 Å². The van der Waals surface area contributed by atoms with Gasteiger partial charge in [-0.15, -0.1) is 0 Å². The van der Waals surface area contributed by atoms with Crippen molar-refractivity contribution in [3.8, 4) is 17.5 Å². The van der Waals surface area contributed by atoms with Gasteiger partial charge in [-0.05, 0) is 18.2 Å². The molecule has 94 valence electrons. The van der Waals surface area contributed by atoms with Crippen LogP contribution in [-0.4, -0.2) is 12.1 Å². The number of nitrogens with zero attached hydrogens (tertiary/aromatic N) is 1. The largest absolute Gasteiger partial charge is 0.479 e. The van der Waals surface area contributed by atoms with E-state index in [1.807, 2.05) is 0 Å². The van der Waals surface area contributed by atoms with E-state index < -0.39 is 11.6 Å². The first-order chi connectivity index (χ1) is 8.60. The molecule has 0 aliphatic rings. The van der Waals surface area contributed by atoms with Crippen LogP contribution < -0.4 is 15.2 Å². The molecule has 0 aliphatic heterocycles. The van der Waals surface area contributed by atoms with E-state index >= 15 is 0 Å². The molecule has 1 aromatic heterocycles. The molecule has 0 unspecified atom stereocenters. The number of aromatic nitrogens is 1. The molecule has 0 spiro atoms. The Kier molecular flexibility index (Phi) is 3.27. The fourth-order valence-electron chi connectivity index (χ4n) is 1.33. The fraction of sp³-hybridized carbons (Fsp3) is 0.0833. The molecule has 1 heterocycles. The van der Waals surface area contributed by atoms with Crippen LogP contribution in [0.4, 0.5) is 14.5 Å². The van der Waals surface area contributed by atoms with Gasteiger partial charge in [0.1, 0.15) is 5.82 Å². The van der Waals surface area contributed by atoms with Crippen LogP contribution in [0.1, 0.15) is 0 Å². The normalized spacial score (nSPS) is 10.2. The predicted molar refractivity (Wildman–Crippen MR) is 61.6 cm³/mol. The summed E-state index contributed by atoms with van der Waals surface area (Å²) in [5.74, 6) is -1.34. The van der Waals surface area contributed by atoms with Gasteiger partial charge in [0.25, 0.3) is 0 Å². The summed E-state index contributed by atoms with van der Waals surface area (Å²) in [7, 11) is 1.40. The summed E-state index contributed by atoms with van der Waals surface area (Å²) in [5.41, 5.74) is 5.91. The highest BCUT2D eigenvalue weighted by Gasteiger charge is 2.09. The van der Waals surface area contributed by atoms with Crippen molar-refractivity contribution in [1.82, 2.24) is 4.98 Å².